The van der Waals surface area contributed by atoms with Gasteiger partial charge in [-0.25, -0.2) is 4.79 Å². The van der Waals surface area contributed by atoms with Gasteiger partial charge in [0, 0.05) is 6.08 Å². The zero-order valence-electron chi connectivity index (χ0n) is 7.45. The van der Waals surface area contributed by atoms with Gasteiger partial charge in [-0.05, 0) is 13.3 Å². The van der Waals surface area contributed by atoms with Crippen molar-refractivity contribution in [2.45, 2.75) is 13.3 Å². The lowest BCUT2D eigenvalue weighted by Gasteiger charge is -2.02. The first-order chi connectivity index (χ1) is 5.87. The first kappa shape index (κ1) is 11.9. The molecule has 0 aromatic rings. The third kappa shape index (κ3) is 6.10. The number of carbonyl (C=O) groups excluding carboxylic acids is 1. The van der Waals surface area contributed by atoms with Crippen molar-refractivity contribution in [3.63, 3.8) is 0 Å². The molecule has 0 aliphatic rings. The van der Waals surface area contributed by atoms with Gasteiger partial charge in [0.25, 0.3) is 0 Å². The zero-order chi connectivity index (χ0) is 10.5. The van der Waals surface area contributed by atoms with E-state index in [9.17, 15) is 13.2 Å². The number of carbonyl (C=O) groups is 1. The summed E-state index contributed by atoms with van der Waals surface area (Å²) in [6.45, 7) is 8.32. The van der Waals surface area contributed by atoms with E-state index in [0.717, 1.165) is 11.6 Å². The van der Waals surface area contributed by atoms with Crippen LogP contribution in [0.3, 0.4) is 0 Å². The highest BCUT2D eigenvalue weighted by atomic mass is 32.2. The maximum absolute atomic E-state index is 11.0. The van der Waals surface area contributed by atoms with E-state index in [1.807, 2.05) is 0 Å². The van der Waals surface area contributed by atoms with Crippen molar-refractivity contribution >= 4 is 16.1 Å². The molecule has 0 aromatic carbocycles. The second-order valence-corrected chi connectivity index (χ2v) is 4.27. The Labute approximate surface area is 78.0 Å². The highest BCUT2D eigenvalue weighted by Gasteiger charge is 2.14. The Hall–Kier alpha value is -1.10. The number of hydrogen-bond donors (Lipinski definition) is 0. The van der Waals surface area contributed by atoms with Crippen LogP contribution in [0.5, 0.6) is 0 Å². The molecule has 0 aliphatic carbocycles. The molecule has 74 valence electrons. The molecule has 0 saturated heterocycles. The first-order valence-electron chi connectivity index (χ1n) is 3.60. The summed E-state index contributed by atoms with van der Waals surface area (Å²) in [5.74, 6) is -1.19. The van der Waals surface area contributed by atoms with Crippen molar-refractivity contribution in [3.8, 4) is 0 Å². The Kier molecular flexibility index (Phi) is 4.40. The highest BCUT2D eigenvalue weighted by Crippen LogP contribution is 2.02. The van der Waals surface area contributed by atoms with Gasteiger partial charge in [0.2, 0.25) is 0 Å². The summed E-state index contributed by atoms with van der Waals surface area (Å²) in [4.78, 5) is 10.5. The molecule has 0 atom stereocenters. The minimum atomic E-state index is -3.77. The predicted molar refractivity (Wildman–Crippen MR) is 49.5 cm³/mol. The SMILES string of the molecule is C=CC(=O)OS(=O)(=O)CCC(=C)C. The molecule has 0 bridgehead atoms. The molecule has 4 nitrogen and oxygen atoms in total. The first-order valence-corrected chi connectivity index (χ1v) is 5.18. The van der Waals surface area contributed by atoms with Gasteiger partial charge >= 0.3 is 16.1 Å². The Morgan fingerprint density at radius 2 is 2.08 bits per heavy atom. The molecule has 0 N–H and O–H groups in total. The minimum Gasteiger partial charge on any atom is -0.342 e. The molecule has 0 amide bonds. The molecule has 0 spiro atoms. The maximum atomic E-state index is 11.0. The largest absolute Gasteiger partial charge is 0.345 e. The van der Waals surface area contributed by atoms with E-state index in [1.165, 1.54) is 0 Å². The molecule has 0 aromatic heterocycles. The van der Waals surface area contributed by atoms with Crippen LogP contribution in [-0.4, -0.2) is 20.1 Å². The van der Waals surface area contributed by atoms with Crippen molar-refractivity contribution in [3.05, 3.63) is 24.8 Å². The van der Waals surface area contributed by atoms with Gasteiger partial charge in [-0.1, -0.05) is 12.2 Å². The molecule has 0 saturated carbocycles. The van der Waals surface area contributed by atoms with Gasteiger partial charge in [-0.2, -0.15) is 8.42 Å². The summed E-state index contributed by atoms with van der Waals surface area (Å²) in [6, 6.07) is 0. The second-order valence-electron chi connectivity index (χ2n) is 2.58. The highest BCUT2D eigenvalue weighted by molar-refractivity contribution is 7.87. The molecular weight excluding hydrogens is 192 g/mol. The minimum absolute atomic E-state index is 0.234. The van der Waals surface area contributed by atoms with Crippen LogP contribution >= 0.6 is 0 Å². The third-order valence-electron chi connectivity index (χ3n) is 1.15. The Morgan fingerprint density at radius 3 is 2.46 bits per heavy atom. The zero-order valence-corrected chi connectivity index (χ0v) is 8.26. The number of rotatable bonds is 5. The Balaban J connectivity index is 4.17. The van der Waals surface area contributed by atoms with Gasteiger partial charge in [0.15, 0.2) is 0 Å². The van der Waals surface area contributed by atoms with E-state index < -0.39 is 16.1 Å². The average molecular weight is 204 g/mol. The van der Waals surface area contributed by atoms with Crippen LogP contribution in [0.2, 0.25) is 0 Å². The fourth-order valence-corrected chi connectivity index (χ4v) is 1.50. The van der Waals surface area contributed by atoms with Crippen molar-refractivity contribution < 1.29 is 17.4 Å². The standard InChI is InChI=1S/C8H12O4S/c1-4-8(9)12-13(10,11)6-5-7(2)3/h4H,1-2,5-6H2,3H3. The number of hydrogen-bond acceptors (Lipinski definition) is 4. The van der Waals surface area contributed by atoms with E-state index in [1.54, 1.807) is 6.92 Å². The van der Waals surface area contributed by atoms with Crippen LogP contribution in [0.15, 0.2) is 24.8 Å². The van der Waals surface area contributed by atoms with Crippen LogP contribution in [0.1, 0.15) is 13.3 Å². The second kappa shape index (κ2) is 4.81. The van der Waals surface area contributed by atoms with Crippen molar-refractivity contribution in [1.82, 2.24) is 0 Å². The third-order valence-corrected chi connectivity index (χ3v) is 2.28. The summed E-state index contributed by atoms with van der Waals surface area (Å²) < 4.78 is 26.1. The molecule has 0 fully saturated rings. The molecule has 5 heteroatoms. The molecule has 0 unspecified atom stereocenters. The van der Waals surface area contributed by atoms with E-state index in [-0.39, 0.29) is 12.2 Å². The molecule has 0 radical (unpaired) electrons. The summed E-state index contributed by atoms with van der Waals surface area (Å²) in [5, 5.41) is 0. The Morgan fingerprint density at radius 1 is 1.54 bits per heavy atom. The van der Waals surface area contributed by atoms with E-state index in [4.69, 9.17) is 0 Å². The monoisotopic (exact) mass is 204 g/mol. The van der Waals surface area contributed by atoms with Crippen LogP contribution in [0.25, 0.3) is 0 Å². The van der Waals surface area contributed by atoms with Crippen LogP contribution in [0, 0.1) is 0 Å². The lowest BCUT2D eigenvalue weighted by atomic mass is 10.3. The van der Waals surface area contributed by atoms with E-state index >= 15 is 0 Å². The lowest BCUT2D eigenvalue weighted by molar-refractivity contribution is -0.128. The smallest absolute Gasteiger partial charge is 0.342 e. The van der Waals surface area contributed by atoms with E-state index in [0.29, 0.717) is 0 Å². The molecule has 0 heterocycles. The lowest BCUT2D eigenvalue weighted by Crippen LogP contribution is -2.14. The van der Waals surface area contributed by atoms with Gasteiger partial charge < -0.3 is 4.18 Å². The summed E-state index contributed by atoms with van der Waals surface area (Å²) in [7, 11) is -3.77. The maximum Gasteiger partial charge on any atom is 0.345 e. The topological polar surface area (TPSA) is 60.4 Å². The molecule has 13 heavy (non-hydrogen) atoms. The summed E-state index contributed by atoms with van der Waals surface area (Å²) in [5.41, 5.74) is 0.721. The Bertz CT molecular complexity index is 313. The quantitative estimate of drug-likeness (QED) is 0.381. The molecule has 0 aliphatic heterocycles. The number of allylic oxidation sites excluding steroid dienone is 1. The van der Waals surface area contributed by atoms with Gasteiger partial charge in [-0.15, -0.1) is 6.58 Å². The average Bonchev–Trinajstić information content (AvgIpc) is 2.00. The fraction of sp³-hybridized carbons (Fsp3) is 0.375. The van der Waals surface area contributed by atoms with E-state index in [2.05, 4.69) is 17.3 Å². The summed E-state index contributed by atoms with van der Waals surface area (Å²) >= 11 is 0. The van der Waals surface area contributed by atoms with Gasteiger partial charge in [0.05, 0.1) is 5.75 Å². The fourth-order valence-electron chi connectivity index (χ4n) is 0.500. The molecular formula is C8H12O4S. The normalized spacial score (nSPS) is 10.5. The molecule has 0 rings (SSSR count). The van der Waals surface area contributed by atoms with Crippen LogP contribution < -0.4 is 0 Å². The summed E-state index contributed by atoms with van der Waals surface area (Å²) in [6.07, 6.45) is 1.09. The van der Waals surface area contributed by atoms with Crippen LogP contribution in [-0.2, 0) is 19.1 Å². The van der Waals surface area contributed by atoms with Gasteiger partial charge in [-0.3, -0.25) is 0 Å². The predicted octanol–water partition coefficient (Wildman–Crippen LogP) is 1.01. The van der Waals surface area contributed by atoms with Crippen molar-refractivity contribution in [2.75, 3.05) is 5.75 Å². The van der Waals surface area contributed by atoms with Crippen LogP contribution in [0.4, 0.5) is 0 Å². The van der Waals surface area contributed by atoms with Gasteiger partial charge in [0.1, 0.15) is 0 Å². The van der Waals surface area contributed by atoms with Crippen molar-refractivity contribution in [1.29, 1.82) is 0 Å². The van der Waals surface area contributed by atoms with Crippen molar-refractivity contribution in [2.24, 2.45) is 0 Å².